The highest BCUT2D eigenvalue weighted by molar-refractivity contribution is 5.74. The summed E-state index contributed by atoms with van der Waals surface area (Å²) in [6.07, 6.45) is -5.05. The number of fused-ring (bicyclic) bond motifs is 1. The summed E-state index contributed by atoms with van der Waals surface area (Å²) in [5.41, 5.74) is -1.70. The molecule has 11 heteroatoms. The van der Waals surface area contributed by atoms with Gasteiger partial charge in [-0.2, -0.15) is 0 Å². The first-order chi connectivity index (χ1) is 9.90. The predicted octanol–water partition coefficient (Wildman–Crippen LogP) is -2.88. The zero-order valence-corrected chi connectivity index (χ0v) is 10.3. The Morgan fingerprint density at radius 2 is 2.00 bits per heavy atom. The van der Waals surface area contributed by atoms with E-state index >= 15 is 0 Å². The monoisotopic (exact) mass is 298 g/mol. The van der Waals surface area contributed by atoms with Gasteiger partial charge in [-0.3, -0.25) is 19.3 Å². The van der Waals surface area contributed by atoms with Gasteiger partial charge in [-0.25, -0.2) is 14.6 Å². The number of rotatable bonds is 2. The number of aliphatic hydroxyl groups is 2. The molecule has 0 unspecified atom stereocenters. The molecule has 1 saturated heterocycles. The first kappa shape index (κ1) is 13.5. The van der Waals surface area contributed by atoms with Crippen LogP contribution in [0.25, 0.3) is 11.2 Å². The summed E-state index contributed by atoms with van der Waals surface area (Å²) in [5, 5.41) is 28.4. The SMILES string of the molecule is O=C(O)[C@H]1O[C@@H](n2cnc3c(=O)[nH]c(=O)[nH]c32)[C@H](O)[C@@H]1O. The Hall–Kier alpha value is -2.50. The van der Waals surface area contributed by atoms with Crippen LogP contribution in [-0.4, -0.2) is 59.1 Å². The van der Waals surface area contributed by atoms with Gasteiger partial charge >= 0.3 is 11.7 Å². The molecule has 11 nitrogen and oxygen atoms in total. The molecule has 3 heterocycles. The molecular formula is C10H10N4O7. The van der Waals surface area contributed by atoms with Crippen LogP contribution in [0.1, 0.15) is 6.23 Å². The lowest BCUT2D eigenvalue weighted by molar-refractivity contribution is -0.155. The zero-order valence-electron chi connectivity index (χ0n) is 10.3. The molecule has 0 bridgehead atoms. The van der Waals surface area contributed by atoms with Gasteiger partial charge in [-0.15, -0.1) is 0 Å². The summed E-state index contributed by atoms with van der Waals surface area (Å²) in [5.74, 6) is -1.44. The van der Waals surface area contributed by atoms with Crippen molar-refractivity contribution in [3.63, 3.8) is 0 Å². The smallest absolute Gasteiger partial charge is 0.335 e. The fourth-order valence-electron chi connectivity index (χ4n) is 2.24. The number of carboxylic acid groups (broad SMARTS) is 1. The number of aliphatic carboxylic acids is 1. The minimum atomic E-state index is -1.65. The summed E-state index contributed by atoms with van der Waals surface area (Å²) < 4.78 is 6.15. The molecule has 0 aromatic carbocycles. The molecule has 0 radical (unpaired) electrons. The largest absolute Gasteiger partial charge is 0.479 e. The van der Waals surface area contributed by atoms with Gasteiger partial charge in [0.25, 0.3) is 5.56 Å². The third kappa shape index (κ3) is 1.94. The third-order valence-corrected chi connectivity index (χ3v) is 3.22. The van der Waals surface area contributed by atoms with Crippen LogP contribution in [0.4, 0.5) is 0 Å². The average molecular weight is 298 g/mol. The van der Waals surface area contributed by atoms with Crippen LogP contribution in [0.5, 0.6) is 0 Å². The summed E-state index contributed by atoms with van der Waals surface area (Å²) in [7, 11) is 0. The molecule has 4 atom stereocenters. The van der Waals surface area contributed by atoms with E-state index in [1.54, 1.807) is 0 Å². The number of carboxylic acids is 1. The molecule has 3 rings (SSSR count). The quantitative estimate of drug-likeness (QED) is 0.393. The van der Waals surface area contributed by atoms with Crippen molar-refractivity contribution >= 4 is 17.1 Å². The fraction of sp³-hybridized carbons (Fsp3) is 0.400. The van der Waals surface area contributed by atoms with Gasteiger partial charge in [-0.1, -0.05) is 0 Å². The van der Waals surface area contributed by atoms with Crippen LogP contribution in [0.3, 0.4) is 0 Å². The lowest BCUT2D eigenvalue weighted by Crippen LogP contribution is -2.35. The summed E-state index contributed by atoms with van der Waals surface area (Å²) in [6, 6.07) is 0. The lowest BCUT2D eigenvalue weighted by atomic mass is 10.1. The van der Waals surface area contributed by atoms with Gasteiger partial charge in [0.2, 0.25) is 0 Å². The molecule has 21 heavy (non-hydrogen) atoms. The number of hydrogen-bond acceptors (Lipinski definition) is 7. The number of hydrogen-bond donors (Lipinski definition) is 5. The topological polar surface area (TPSA) is 171 Å². The highest BCUT2D eigenvalue weighted by atomic mass is 16.6. The van der Waals surface area contributed by atoms with Crippen LogP contribution < -0.4 is 11.2 Å². The predicted molar refractivity (Wildman–Crippen MR) is 64.5 cm³/mol. The van der Waals surface area contributed by atoms with Crippen molar-refractivity contribution in [2.75, 3.05) is 0 Å². The van der Waals surface area contributed by atoms with Crippen LogP contribution in [-0.2, 0) is 9.53 Å². The van der Waals surface area contributed by atoms with E-state index in [0.717, 1.165) is 10.9 Å². The van der Waals surface area contributed by atoms with Crippen LogP contribution in [0.15, 0.2) is 15.9 Å². The standard InChI is InChI=1S/C10H10N4O7/c15-3-4(16)8(21-5(3)9(18)19)14-1-11-2-6(14)12-10(20)13-7(2)17/h1,3-5,8,15-16H,(H,18,19)(H2,12,13,17,20)/t3-,4+,5-,8+/m0/s1. The van der Waals surface area contributed by atoms with E-state index in [-0.39, 0.29) is 11.2 Å². The second-order valence-electron chi connectivity index (χ2n) is 4.52. The second kappa shape index (κ2) is 4.51. The van der Waals surface area contributed by atoms with Crippen molar-refractivity contribution in [3.8, 4) is 0 Å². The van der Waals surface area contributed by atoms with E-state index in [9.17, 15) is 24.6 Å². The highest BCUT2D eigenvalue weighted by Gasteiger charge is 2.47. The number of ether oxygens (including phenoxy) is 1. The minimum Gasteiger partial charge on any atom is -0.479 e. The molecule has 1 aliphatic heterocycles. The fourth-order valence-corrected chi connectivity index (χ4v) is 2.24. The molecule has 2 aromatic rings. The molecule has 112 valence electrons. The Morgan fingerprint density at radius 1 is 1.29 bits per heavy atom. The Labute approximate surface area is 114 Å². The second-order valence-corrected chi connectivity index (χ2v) is 4.52. The summed E-state index contributed by atoms with van der Waals surface area (Å²) in [6.45, 7) is 0. The zero-order chi connectivity index (χ0) is 15.3. The van der Waals surface area contributed by atoms with Gasteiger partial charge in [0.15, 0.2) is 17.8 Å². The number of aromatic amines is 2. The molecular weight excluding hydrogens is 288 g/mol. The third-order valence-electron chi connectivity index (χ3n) is 3.22. The lowest BCUT2D eigenvalue weighted by Gasteiger charge is -2.16. The number of nitrogens with one attached hydrogen (secondary N) is 2. The summed E-state index contributed by atoms with van der Waals surface area (Å²) >= 11 is 0. The molecule has 2 aromatic heterocycles. The number of aromatic nitrogens is 4. The van der Waals surface area contributed by atoms with Crippen molar-refractivity contribution in [1.29, 1.82) is 0 Å². The van der Waals surface area contributed by atoms with Gasteiger partial charge in [0.05, 0.1) is 6.33 Å². The van der Waals surface area contributed by atoms with E-state index in [1.807, 2.05) is 4.98 Å². The number of aliphatic hydroxyl groups excluding tert-OH is 2. The van der Waals surface area contributed by atoms with Crippen molar-refractivity contribution in [2.45, 2.75) is 24.5 Å². The molecule has 0 saturated carbocycles. The van der Waals surface area contributed by atoms with E-state index in [1.165, 1.54) is 0 Å². The molecule has 5 N–H and O–H groups in total. The molecule has 1 aliphatic rings. The average Bonchev–Trinajstić information content (AvgIpc) is 2.93. The Bertz CT molecular complexity index is 821. The maximum absolute atomic E-state index is 11.5. The van der Waals surface area contributed by atoms with Crippen molar-refractivity contribution < 1.29 is 24.9 Å². The van der Waals surface area contributed by atoms with Crippen molar-refractivity contribution in [1.82, 2.24) is 19.5 Å². The first-order valence-corrected chi connectivity index (χ1v) is 5.83. The van der Waals surface area contributed by atoms with Crippen LogP contribution in [0, 0.1) is 0 Å². The van der Waals surface area contributed by atoms with Gasteiger partial charge in [0, 0.05) is 0 Å². The number of nitrogens with zero attached hydrogens (tertiary/aromatic N) is 2. The number of imidazole rings is 1. The maximum Gasteiger partial charge on any atom is 0.335 e. The van der Waals surface area contributed by atoms with Gasteiger partial charge < -0.3 is 20.1 Å². The van der Waals surface area contributed by atoms with E-state index in [4.69, 9.17) is 9.84 Å². The molecule has 0 spiro atoms. The molecule has 1 fully saturated rings. The minimum absolute atomic E-state index is 0.0500. The Kier molecular flexibility index (Phi) is 2.90. The van der Waals surface area contributed by atoms with Crippen molar-refractivity contribution in [3.05, 3.63) is 27.2 Å². The number of H-pyrrole nitrogens is 2. The van der Waals surface area contributed by atoms with Gasteiger partial charge in [-0.05, 0) is 0 Å². The normalized spacial score (nSPS) is 29.0. The van der Waals surface area contributed by atoms with E-state index in [0.29, 0.717) is 0 Å². The van der Waals surface area contributed by atoms with Crippen LogP contribution >= 0.6 is 0 Å². The van der Waals surface area contributed by atoms with Crippen LogP contribution in [0.2, 0.25) is 0 Å². The van der Waals surface area contributed by atoms with E-state index < -0.39 is 41.8 Å². The summed E-state index contributed by atoms with van der Waals surface area (Å²) in [4.78, 5) is 41.8. The van der Waals surface area contributed by atoms with E-state index in [2.05, 4.69) is 9.97 Å². The Balaban J connectivity index is 2.11. The molecule has 0 amide bonds. The van der Waals surface area contributed by atoms with Crippen molar-refractivity contribution in [2.24, 2.45) is 0 Å². The highest BCUT2D eigenvalue weighted by Crippen LogP contribution is 2.30. The molecule has 0 aliphatic carbocycles. The Morgan fingerprint density at radius 3 is 2.62 bits per heavy atom. The van der Waals surface area contributed by atoms with Gasteiger partial charge in [0.1, 0.15) is 17.9 Å². The number of carbonyl (C=O) groups is 1. The maximum atomic E-state index is 11.5. The first-order valence-electron chi connectivity index (χ1n) is 5.83.